The number of rotatable bonds is 1. The van der Waals surface area contributed by atoms with E-state index in [1.807, 2.05) is 38.1 Å². The number of likely N-dealkylation sites (tertiary alicyclic amines) is 1. The predicted molar refractivity (Wildman–Crippen MR) is 95.2 cm³/mol. The van der Waals surface area contributed by atoms with Gasteiger partial charge in [-0.3, -0.25) is 4.98 Å². The summed E-state index contributed by atoms with van der Waals surface area (Å²) in [5.74, 6) is 0. The Balaban J connectivity index is 1.69. The van der Waals surface area contributed by atoms with Crippen LogP contribution in [0.4, 0.5) is 10.5 Å². The highest BCUT2D eigenvalue weighted by Crippen LogP contribution is 2.40. The van der Waals surface area contributed by atoms with Crippen LogP contribution in [0.1, 0.15) is 46.5 Å². The van der Waals surface area contributed by atoms with Crippen molar-refractivity contribution in [1.82, 2.24) is 9.88 Å². The SMILES string of the molecule is CC(C)(C)OC(=O)N1CCCC2(CCCN(c3ccncc3)C2)C1. The zero-order chi connectivity index (χ0) is 17.2. The molecule has 2 aliphatic heterocycles. The van der Waals surface area contributed by atoms with Gasteiger partial charge in [-0.15, -0.1) is 0 Å². The van der Waals surface area contributed by atoms with Crippen molar-refractivity contribution < 1.29 is 9.53 Å². The number of hydrogen-bond donors (Lipinski definition) is 0. The maximum Gasteiger partial charge on any atom is 0.410 e. The monoisotopic (exact) mass is 331 g/mol. The number of carbonyl (C=O) groups is 1. The lowest BCUT2D eigenvalue weighted by atomic mass is 9.73. The first-order valence-electron chi connectivity index (χ1n) is 9.00. The van der Waals surface area contributed by atoms with Crippen LogP contribution in [0.2, 0.25) is 0 Å². The first-order chi connectivity index (χ1) is 11.4. The summed E-state index contributed by atoms with van der Waals surface area (Å²) < 4.78 is 5.59. The maximum atomic E-state index is 12.5. The molecule has 3 heterocycles. The van der Waals surface area contributed by atoms with Gasteiger partial charge in [-0.1, -0.05) is 0 Å². The Morgan fingerprint density at radius 1 is 1.12 bits per heavy atom. The molecule has 2 aliphatic rings. The smallest absolute Gasteiger partial charge is 0.410 e. The van der Waals surface area contributed by atoms with Crippen LogP contribution in [0, 0.1) is 5.41 Å². The third kappa shape index (κ3) is 4.00. The molecule has 5 heteroatoms. The Morgan fingerprint density at radius 2 is 1.79 bits per heavy atom. The van der Waals surface area contributed by atoms with E-state index in [4.69, 9.17) is 4.74 Å². The van der Waals surface area contributed by atoms with Crippen molar-refractivity contribution in [3.8, 4) is 0 Å². The van der Waals surface area contributed by atoms with Crippen molar-refractivity contribution in [3.05, 3.63) is 24.5 Å². The maximum absolute atomic E-state index is 12.5. The van der Waals surface area contributed by atoms with Crippen LogP contribution in [0.3, 0.4) is 0 Å². The highest BCUT2D eigenvalue weighted by atomic mass is 16.6. The van der Waals surface area contributed by atoms with Crippen LogP contribution in [0.25, 0.3) is 0 Å². The van der Waals surface area contributed by atoms with E-state index in [-0.39, 0.29) is 11.5 Å². The zero-order valence-electron chi connectivity index (χ0n) is 15.1. The number of carbonyl (C=O) groups excluding carboxylic acids is 1. The number of pyridine rings is 1. The van der Waals surface area contributed by atoms with E-state index in [0.29, 0.717) is 0 Å². The van der Waals surface area contributed by atoms with Gasteiger partial charge in [-0.2, -0.15) is 0 Å². The van der Waals surface area contributed by atoms with Crippen LogP contribution < -0.4 is 4.90 Å². The average Bonchev–Trinajstić information content (AvgIpc) is 2.54. The van der Waals surface area contributed by atoms with Gasteiger partial charge in [0.05, 0.1) is 0 Å². The molecule has 5 nitrogen and oxygen atoms in total. The largest absolute Gasteiger partial charge is 0.444 e. The summed E-state index contributed by atoms with van der Waals surface area (Å²) in [6.45, 7) is 9.49. The van der Waals surface area contributed by atoms with E-state index < -0.39 is 5.60 Å². The van der Waals surface area contributed by atoms with Crippen molar-refractivity contribution in [2.45, 2.75) is 52.1 Å². The molecule has 0 aromatic carbocycles. The van der Waals surface area contributed by atoms with E-state index in [1.54, 1.807) is 0 Å². The van der Waals surface area contributed by atoms with Gasteiger partial charge >= 0.3 is 6.09 Å². The number of amides is 1. The molecule has 132 valence electrons. The van der Waals surface area contributed by atoms with Crippen molar-refractivity contribution >= 4 is 11.8 Å². The molecule has 0 radical (unpaired) electrons. The predicted octanol–water partition coefficient (Wildman–Crippen LogP) is 3.70. The molecule has 2 fully saturated rings. The van der Waals surface area contributed by atoms with Crippen LogP contribution >= 0.6 is 0 Å². The van der Waals surface area contributed by atoms with Gasteiger partial charge in [0, 0.05) is 49.7 Å². The summed E-state index contributed by atoms with van der Waals surface area (Å²) >= 11 is 0. The molecule has 0 aliphatic carbocycles. The molecule has 1 spiro atoms. The lowest BCUT2D eigenvalue weighted by Gasteiger charge is -2.49. The number of anilines is 1. The molecule has 2 saturated heterocycles. The van der Waals surface area contributed by atoms with E-state index >= 15 is 0 Å². The van der Waals surface area contributed by atoms with Gasteiger partial charge in [-0.25, -0.2) is 4.79 Å². The minimum absolute atomic E-state index is 0.164. The fraction of sp³-hybridized carbons (Fsp3) is 0.684. The standard InChI is InChI=1S/C19H29N3O2/c1-18(2,3)24-17(23)22-13-5-9-19(15-22)8-4-12-21(14-19)16-6-10-20-11-7-16/h6-7,10-11H,4-5,8-9,12-15H2,1-3H3. The molecule has 1 atom stereocenters. The van der Waals surface area contributed by atoms with Crippen LogP contribution in [0.5, 0.6) is 0 Å². The number of aromatic nitrogens is 1. The highest BCUT2D eigenvalue weighted by Gasteiger charge is 2.41. The molecule has 1 aromatic heterocycles. The fourth-order valence-corrected chi connectivity index (χ4v) is 4.01. The average molecular weight is 331 g/mol. The molecule has 1 amide bonds. The van der Waals surface area contributed by atoms with E-state index in [9.17, 15) is 4.79 Å². The van der Waals surface area contributed by atoms with E-state index in [0.717, 1.165) is 32.6 Å². The topological polar surface area (TPSA) is 45.7 Å². The molecule has 0 bridgehead atoms. The second kappa shape index (κ2) is 6.61. The zero-order valence-corrected chi connectivity index (χ0v) is 15.1. The molecule has 1 aromatic rings. The third-order valence-electron chi connectivity index (χ3n) is 5.00. The number of nitrogens with zero attached hydrogens (tertiary/aromatic N) is 3. The molecular weight excluding hydrogens is 302 g/mol. The van der Waals surface area contributed by atoms with Crippen molar-refractivity contribution in [2.75, 3.05) is 31.1 Å². The van der Waals surface area contributed by atoms with Gasteiger partial charge in [0.15, 0.2) is 0 Å². The van der Waals surface area contributed by atoms with E-state index in [1.165, 1.54) is 24.9 Å². The van der Waals surface area contributed by atoms with Gasteiger partial charge in [0.2, 0.25) is 0 Å². The number of piperidine rings is 2. The lowest BCUT2D eigenvalue weighted by Crippen LogP contribution is -2.54. The number of ether oxygens (including phenoxy) is 1. The van der Waals surface area contributed by atoms with Crippen LogP contribution in [-0.4, -0.2) is 47.8 Å². The summed E-state index contributed by atoms with van der Waals surface area (Å²) in [5, 5.41) is 0. The Labute approximate surface area is 145 Å². The van der Waals surface area contributed by atoms with Gasteiger partial charge in [0.1, 0.15) is 5.60 Å². The fourth-order valence-electron chi connectivity index (χ4n) is 4.01. The summed E-state index contributed by atoms with van der Waals surface area (Å²) in [6.07, 6.45) is 8.15. The molecule has 1 unspecified atom stereocenters. The van der Waals surface area contributed by atoms with Crippen LogP contribution in [0.15, 0.2) is 24.5 Å². The number of hydrogen-bond acceptors (Lipinski definition) is 4. The van der Waals surface area contributed by atoms with Crippen molar-refractivity contribution in [3.63, 3.8) is 0 Å². The summed E-state index contributed by atoms with van der Waals surface area (Å²) in [7, 11) is 0. The first-order valence-corrected chi connectivity index (χ1v) is 9.00. The second-order valence-corrected chi connectivity index (χ2v) is 8.24. The summed E-state index contributed by atoms with van der Waals surface area (Å²) in [4.78, 5) is 21.0. The molecule has 3 rings (SSSR count). The van der Waals surface area contributed by atoms with Gasteiger partial charge < -0.3 is 14.5 Å². The normalized spacial score (nSPS) is 25.0. The summed E-state index contributed by atoms with van der Waals surface area (Å²) in [6, 6.07) is 4.15. The Kier molecular flexibility index (Phi) is 4.70. The van der Waals surface area contributed by atoms with Crippen molar-refractivity contribution in [2.24, 2.45) is 5.41 Å². The first kappa shape index (κ1) is 17.1. The molecule has 24 heavy (non-hydrogen) atoms. The quantitative estimate of drug-likeness (QED) is 0.787. The van der Waals surface area contributed by atoms with Gasteiger partial charge in [0.25, 0.3) is 0 Å². The van der Waals surface area contributed by atoms with Crippen molar-refractivity contribution in [1.29, 1.82) is 0 Å². The van der Waals surface area contributed by atoms with Gasteiger partial charge in [-0.05, 0) is 58.6 Å². The Bertz CT molecular complexity index is 566. The highest BCUT2D eigenvalue weighted by molar-refractivity contribution is 5.68. The second-order valence-electron chi connectivity index (χ2n) is 8.24. The summed E-state index contributed by atoms with van der Waals surface area (Å²) in [5.41, 5.74) is 0.993. The Hall–Kier alpha value is -1.78. The molecule has 0 N–H and O–H groups in total. The third-order valence-corrected chi connectivity index (χ3v) is 5.00. The van der Waals surface area contributed by atoms with E-state index in [2.05, 4.69) is 22.0 Å². The van der Waals surface area contributed by atoms with Crippen LogP contribution in [-0.2, 0) is 4.74 Å². The lowest BCUT2D eigenvalue weighted by molar-refractivity contribution is 0.00152. The Morgan fingerprint density at radius 3 is 2.46 bits per heavy atom. The minimum Gasteiger partial charge on any atom is -0.444 e. The molecular formula is C19H29N3O2. The minimum atomic E-state index is -0.433. The molecule has 0 saturated carbocycles.